The van der Waals surface area contributed by atoms with Crippen molar-refractivity contribution in [2.24, 2.45) is 0 Å². The first-order valence-corrected chi connectivity index (χ1v) is 5.49. The molecule has 1 aromatic rings. The third kappa shape index (κ3) is 4.30. The number of unbranched alkanes of at least 4 members (excludes halogenated alkanes) is 1. The second-order valence-corrected chi connectivity index (χ2v) is 3.70. The van der Waals surface area contributed by atoms with Gasteiger partial charge in [-0.1, -0.05) is 13.3 Å². The van der Waals surface area contributed by atoms with Gasteiger partial charge in [0.25, 0.3) is 5.56 Å². The Morgan fingerprint density at radius 3 is 2.87 bits per heavy atom. The van der Waals surface area contributed by atoms with Gasteiger partial charge in [0.15, 0.2) is 0 Å². The minimum absolute atomic E-state index is 0.0501. The number of rotatable bonds is 6. The molecule has 0 atom stereocenters. The Bertz CT molecular complexity index is 344. The van der Waals surface area contributed by atoms with Gasteiger partial charge >= 0.3 is 0 Å². The molecule has 0 radical (unpaired) electrons. The van der Waals surface area contributed by atoms with Crippen LogP contribution in [0.4, 0.5) is 0 Å². The summed E-state index contributed by atoms with van der Waals surface area (Å²) in [5.74, 6) is 0. The molecule has 0 fully saturated rings. The molecule has 84 valence electrons. The third-order valence-electron chi connectivity index (χ3n) is 2.27. The maximum atomic E-state index is 11.5. The molecule has 3 nitrogen and oxygen atoms in total. The Kier molecular flexibility index (Phi) is 5.12. The zero-order valence-corrected chi connectivity index (χ0v) is 9.53. The van der Waals surface area contributed by atoms with E-state index in [4.69, 9.17) is 4.74 Å². The summed E-state index contributed by atoms with van der Waals surface area (Å²) in [4.78, 5) is 11.5. The van der Waals surface area contributed by atoms with Gasteiger partial charge in [-0.05, 0) is 25.0 Å². The molecule has 0 saturated carbocycles. The van der Waals surface area contributed by atoms with Crippen LogP contribution in [0.15, 0.2) is 23.1 Å². The molecule has 15 heavy (non-hydrogen) atoms. The van der Waals surface area contributed by atoms with Gasteiger partial charge in [-0.15, -0.1) is 0 Å². The third-order valence-corrected chi connectivity index (χ3v) is 2.27. The molecule has 1 heterocycles. The van der Waals surface area contributed by atoms with Crippen molar-refractivity contribution >= 4 is 0 Å². The average molecular weight is 209 g/mol. The molecular formula is C12H19NO2. The zero-order chi connectivity index (χ0) is 11.1. The van der Waals surface area contributed by atoms with Gasteiger partial charge in [0.05, 0.1) is 6.61 Å². The standard InChI is InChI=1S/C12H19NO2/c1-3-4-8-15-9-7-13-6-5-11(2)10-12(13)14/h5-6,10H,3-4,7-9H2,1-2H3. The first kappa shape index (κ1) is 12.0. The molecule has 0 spiro atoms. The molecular weight excluding hydrogens is 190 g/mol. The van der Waals surface area contributed by atoms with E-state index in [9.17, 15) is 4.79 Å². The van der Waals surface area contributed by atoms with Gasteiger partial charge in [-0.2, -0.15) is 0 Å². The molecule has 3 heteroatoms. The predicted molar refractivity (Wildman–Crippen MR) is 61.2 cm³/mol. The van der Waals surface area contributed by atoms with Gasteiger partial charge in [-0.3, -0.25) is 4.79 Å². The fourth-order valence-corrected chi connectivity index (χ4v) is 1.30. The molecule has 0 aliphatic carbocycles. The Hall–Kier alpha value is -1.09. The van der Waals surface area contributed by atoms with Crippen molar-refractivity contribution in [3.63, 3.8) is 0 Å². The number of aromatic nitrogens is 1. The summed E-state index contributed by atoms with van der Waals surface area (Å²) in [6, 6.07) is 3.58. The van der Waals surface area contributed by atoms with Crippen molar-refractivity contribution in [1.29, 1.82) is 0 Å². The molecule has 0 N–H and O–H groups in total. The van der Waals surface area contributed by atoms with Gasteiger partial charge in [-0.25, -0.2) is 0 Å². The summed E-state index contributed by atoms with van der Waals surface area (Å²) in [6.07, 6.45) is 4.05. The van der Waals surface area contributed by atoms with Crippen LogP contribution >= 0.6 is 0 Å². The van der Waals surface area contributed by atoms with Crippen molar-refractivity contribution in [3.8, 4) is 0 Å². The summed E-state index contributed by atoms with van der Waals surface area (Å²) in [5.41, 5.74) is 1.05. The van der Waals surface area contributed by atoms with Gasteiger partial charge < -0.3 is 9.30 Å². The lowest BCUT2D eigenvalue weighted by molar-refractivity contribution is 0.123. The van der Waals surface area contributed by atoms with Crippen LogP contribution in [0, 0.1) is 6.92 Å². The van der Waals surface area contributed by atoms with Crippen LogP contribution in [0.1, 0.15) is 25.3 Å². The van der Waals surface area contributed by atoms with E-state index in [2.05, 4.69) is 6.92 Å². The number of ether oxygens (including phenoxy) is 1. The second-order valence-electron chi connectivity index (χ2n) is 3.70. The van der Waals surface area contributed by atoms with Crippen LogP contribution in [-0.4, -0.2) is 17.8 Å². The number of hydrogen-bond acceptors (Lipinski definition) is 2. The molecule has 0 aliphatic heterocycles. The molecule has 0 unspecified atom stereocenters. The second kappa shape index (κ2) is 6.40. The van der Waals surface area contributed by atoms with E-state index in [1.54, 1.807) is 10.6 Å². The van der Waals surface area contributed by atoms with Crippen LogP contribution in [-0.2, 0) is 11.3 Å². The molecule has 0 aromatic carbocycles. The molecule has 0 amide bonds. The Morgan fingerprint density at radius 2 is 2.20 bits per heavy atom. The smallest absolute Gasteiger partial charge is 0.250 e. The fraction of sp³-hybridized carbons (Fsp3) is 0.583. The van der Waals surface area contributed by atoms with Gasteiger partial charge in [0.1, 0.15) is 0 Å². The number of nitrogens with zero attached hydrogens (tertiary/aromatic N) is 1. The highest BCUT2D eigenvalue weighted by atomic mass is 16.5. The van der Waals surface area contributed by atoms with Crippen LogP contribution in [0.2, 0.25) is 0 Å². The quantitative estimate of drug-likeness (QED) is 0.671. The average Bonchev–Trinajstić information content (AvgIpc) is 2.20. The van der Waals surface area contributed by atoms with Crippen LogP contribution < -0.4 is 5.56 Å². The summed E-state index contributed by atoms with van der Waals surface area (Å²) < 4.78 is 7.08. The van der Waals surface area contributed by atoms with E-state index in [-0.39, 0.29) is 5.56 Å². The van der Waals surface area contributed by atoms with Crippen molar-refractivity contribution in [2.75, 3.05) is 13.2 Å². The number of aryl methyl sites for hydroxylation is 1. The van der Waals surface area contributed by atoms with Crippen molar-refractivity contribution in [1.82, 2.24) is 4.57 Å². The van der Waals surface area contributed by atoms with Crippen molar-refractivity contribution in [3.05, 3.63) is 34.2 Å². The molecule has 0 aliphatic rings. The first-order valence-electron chi connectivity index (χ1n) is 5.49. The summed E-state index contributed by atoms with van der Waals surface area (Å²) >= 11 is 0. The maximum absolute atomic E-state index is 11.5. The van der Waals surface area contributed by atoms with E-state index in [0.717, 1.165) is 25.0 Å². The summed E-state index contributed by atoms with van der Waals surface area (Å²) in [7, 11) is 0. The van der Waals surface area contributed by atoms with E-state index < -0.39 is 0 Å². The van der Waals surface area contributed by atoms with Crippen LogP contribution in [0.5, 0.6) is 0 Å². The molecule has 1 aromatic heterocycles. The van der Waals surface area contributed by atoms with E-state index >= 15 is 0 Å². The highest BCUT2D eigenvalue weighted by Gasteiger charge is 1.95. The Balaban J connectivity index is 2.34. The Morgan fingerprint density at radius 1 is 1.40 bits per heavy atom. The lowest BCUT2D eigenvalue weighted by atomic mass is 10.3. The fourth-order valence-electron chi connectivity index (χ4n) is 1.30. The van der Waals surface area contributed by atoms with E-state index in [1.165, 1.54) is 0 Å². The largest absolute Gasteiger partial charge is 0.380 e. The van der Waals surface area contributed by atoms with Crippen LogP contribution in [0.25, 0.3) is 0 Å². The summed E-state index contributed by atoms with van der Waals surface area (Å²) in [6.45, 7) is 6.10. The Labute approximate surface area is 90.7 Å². The minimum Gasteiger partial charge on any atom is -0.380 e. The highest BCUT2D eigenvalue weighted by molar-refractivity contribution is 5.07. The minimum atomic E-state index is 0.0501. The first-order chi connectivity index (χ1) is 7.24. The maximum Gasteiger partial charge on any atom is 0.250 e. The van der Waals surface area contributed by atoms with E-state index in [0.29, 0.717) is 13.2 Å². The highest BCUT2D eigenvalue weighted by Crippen LogP contribution is 1.92. The normalized spacial score (nSPS) is 10.5. The predicted octanol–water partition coefficient (Wildman–Crippen LogP) is 1.97. The molecule has 1 rings (SSSR count). The van der Waals surface area contributed by atoms with Gasteiger partial charge in [0.2, 0.25) is 0 Å². The number of hydrogen-bond donors (Lipinski definition) is 0. The molecule has 0 saturated heterocycles. The van der Waals surface area contributed by atoms with Crippen molar-refractivity contribution in [2.45, 2.75) is 33.2 Å². The summed E-state index contributed by atoms with van der Waals surface area (Å²) in [5, 5.41) is 0. The van der Waals surface area contributed by atoms with Crippen LogP contribution in [0.3, 0.4) is 0 Å². The van der Waals surface area contributed by atoms with E-state index in [1.807, 2.05) is 19.2 Å². The monoisotopic (exact) mass is 209 g/mol. The zero-order valence-electron chi connectivity index (χ0n) is 9.53. The van der Waals surface area contributed by atoms with Gasteiger partial charge in [0, 0.05) is 25.4 Å². The van der Waals surface area contributed by atoms with Crippen molar-refractivity contribution < 1.29 is 4.74 Å². The SMILES string of the molecule is CCCCOCCn1ccc(C)cc1=O. The number of pyridine rings is 1. The molecule has 0 bridgehead atoms. The lowest BCUT2D eigenvalue weighted by Gasteiger charge is -2.06. The topological polar surface area (TPSA) is 31.2 Å². The lowest BCUT2D eigenvalue weighted by Crippen LogP contribution is -2.21.